The van der Waals surface area contributed by atoms with E-state index in [4.69, 9.17) is 0 Å². The van der Waals surface area contributed by atoms with Gasteiger partial charge in [0, 0.05) is 0 Å². The minimum Gasteiger partial charge on any atom is -0.468 e. The summed E-state index contributed by atoms with van der Waals surface area (Å²) in [5.41, 5.74) is 0. The number of nitrogens with zero attached hydrogens (tertiary/aromatic N) is 1. The maximum atomic E-state index is 10.9. The van der Waals surface area contributed by atoms with Crippen LogP contribution in [0.3, 0.4) is 0 Å². The molecule has 0 saturated carbocycles. The highest BCUT2D eigenvalue weighted by molar-refractivity contribution is 5.75. The van der Waals surface area contributed by atoms with Crippen LogP contribution in [-0.4, -0.2) is 38.1 Å². The third-order valence-electron chi connectivity index (χ3n) is 1.48. The molecule has 0 amide bonds. The van der Waals surface area contributed by atoms with Crippen LogP contribution in [0.4, 0.5) is 0 Å². The molecule has 1 atom stereocenters. The second-order valence-corrected chi connectivity index (χ2v) is 2.41. The van der Waals surface area contributed by atoms with E-state index < -0.39 is 0 Å². The predicted molar refractivity (Wildman–Crippen MR) is 39.8 cm³/mol. The van der Waals surface area contributed by atoms with Crippen LogP contribution in [0.5, 0.6) is 0 Å². The molecule has 10 heavy (non-hydrogen) atoms. The third-order valence-corrected chi connectivity index (χ3v) is 1.48. The number of esters is 1. The van der Waals surface area contributed by atoms with Crippen LogP contribution in [0.15, 0.2) is 0 Å². The van der Waals surface area contributed by atoms with E-state index in [2.05, 4.69) is 4.74 Å². The SMILES string of the molecule is CC[C@H](C(=O)OC)N(C)C. The summed E-state index contributed by atoms with van der Waals surface area (Å²) in [6.45, 7) is 1.96. The number of hydrogen-bond donors (Lipinski definition) is 0. The Morgan fingerprint density at radius 3 is 2.20 bits per heavy atom. The van der Waals surface area contributed by atoms with Gasteiger partial charge in [0.25, 0.3) is 0 Å². The van der Waals surface area contributed by atoms with E-state index in [0.717, 1.165) is 6.42 Å². The largest absolute Gasteiger partial charge is 0.468 e. The van der Waals surface area contributed by atoms with Gasteiger partial charge in [0.15, 0.2) is 0 Å². The second kappa shape index (κ2) is 4.28. The zero-order valence-corrected chi connectivity index (χ0v) is 7.05. The molecule has 0 aromatic heterocycles. The number of likely N-dealkylation sites (N-methyl/N-ethyl adjacent to an activating group) is 1. The van der Waals surface area contributed by atoms with Crippen LogP contribution in [0.2, 0.25) is 0 Å². The van der Waals surface area contributed by atoms with Crippen LogP contribution in [-0.2, 0) is 9.53 Å². The van der Waals surface area contributed by atoms with Gasteiger partial charge in [-0.3, -0.25) is 9.69 Å². The highest BCUT2D eigenvalue weighted by Crippen LogP contribution is 1.99. The zero-order chi connectivity index (χ0) is 8.15. The first-order valence-corrected chi connectivity index (χ1v) is 3.37. The number of hydrogen-bond acceptors (Lipinski definition) is 3. The molecule has 0 radical (unpaired) electrons. The lowest BCUT2D eigenvalue weighted by molar-refractivity contribution is -0.146. The van der Waals surface area contributed by atoms with Gasteiger partial charge in [-0.2, -0.15) is 0 Å². The smallest absolute Gasteiger partial charge is 0.323 e. The Labute approximate surface area is 62.0 Å². The van der Waals surface area contributed by atoms with Gasteiger partial charge in [0.1, 0.15) is 6.04 Å². The number of carbonyl (C=O) groups is 1. The highest BCUT2D eigenvalue weighted by Gasteiger charge is 2.18. The van der Waals surface area contributed by atoms with E-state index in [1.165, 1.54) is 7.11 Å². The summed E-state index contributed by atoms with van der Waals surface area (Å²) >= 11 is 0. The van der Waals surface area contributed by atoms with Crippen molar-refractivity contribution in [2.75, 3.05) is 21.2 Å². The first-order valence-electron chi connectivity index (χ1n) is 3.37. The average molecular weight is 145 g/mol. The first kappa shape index (κ1) is 9.43. The molecule has 0 N–H and O–H groups in total. The van der Waals surface area contributed by atoms with Gasteiger partial charge in [-0.15, -0.1) is 0 Å². The summed E-state index contributed by atoms with van der Waals surface area (Å²) in [5.74, 6) is -0.160. The number of rotatable bonds is 3. The quantitative estimate of drug-likeness (QED) is 0.542. The molecule has 0 bridgehead atoms. The summed E-state index contributed by atoms with van der Waals surface area (Å²) in [4.78, 5) is 12.8. The van der Waals surface area contributed by atoms with Gasteiger partial charge in [-0.25, -0.2) is 0 Å². The van der Waals surface area contributed by atoms with Crippen LogP contribution in [0, 0.1) is 0 Å². The third kappa shape index (κ3) is 2.35. The van der Waals surface area contributed by atoms with Crippen molar-refractivity contribution in [3.8, 4) is 0 Å². The summed E-state index contributed by atoms with van der Waals surface area (Å²) in [5, 5.41) is 0. The second-order valence-electron chi connectivity index (χ2n) is 2.41. The average Bonchev–Trinajstić information content (AvgIpc) is 1.88. The van der Waals surface area contributed by atoms with E-state index in [-0.39, 0.29) is 12.0 Å². The number of methoxy groups -OCH3 is 1. The molecule has 0 spiro atoms. The van der Waals surface area contributed by atoms with Gasteiger partial charge >= 0.3 is 5.97 Å². The fraction of sp³-hybridized carbons (Fsp3) is 0.857. The normalized spacial score (nSPS) is 13.3. The minimum absolute atomic E-state index is 0.0926. The molecule has 0 saturated heterocycles. The van der Waals surface area contributed by atoms with Gasteiger partial charge in [0.2, 0.25) is 0 Å². The van der Waals surface area contributed by atoms with Crippen LogP contribution in [0.25, 0.3) is 0 Å². The summed E-state index contributed by atoms with van der Waals surface area (Å²) < 4.78 is 4.58. The molecular weight excluding hydrogens is 130 g/mol. The van der Waals surface area contributed by atoms with Crippen molar-refractivity contribution in [3.63, 3.8) is 0 Å². The van der Waals surface area contributed by atoms with Gasteiger partial charge in [-0.05, 0) is 20.5 Å². The highest BCUT2D eigenvalue weighted by atomic mass is 16.5. The molecule has 0 aliphatic rings. The van der Waals surface area contributed by atoms with E-state index in [1.54, 1.807) is 0 Å². The Balaban J connectivity index is 3.93. The maximum Gasteiger partial charge on any atom is 0.323 e. The van der Waals surface area contributed by atoms with E-state index in [1.807, 2.05) is 25.9 Å². The van der Waals surface area contributed by atoms with Crippen LogP contribution >= 0.6 is 0 Å². The molecule has 0 fully saturated rings. The molecule has 0 heterocycles. The maximum absolute atomic E-state index is 10.9. The van der Waals surface area contributed by atoms with Crippen molar-refractivity contribution in [2.45, 2.75) is 19.4 Å². The fourth-order valence-electron chi connectivity index (χ4n) is 0.879. The summed E-state index contributed by atoms with van der Waals surface area (Å²) in [6, 6.07) is -0.0926. The zero-order valence-electron chi connectivity index (χ0n) is 7.05. The van der Waals surface area contributed by atoms with Gasteiger partial charge < -0.3 is 4.74 Å². The Morgan fingerprint density at radius 1 is 1.60 bits per heavy atom. The molecule has 0 aliphatic carbocycles. The van der Waals surface area contributed by atoms with Crippen molar-refractivity contribution in [1.29, 1.82) is 0 Å². The molecule has 3 heteroatoms. The van der Waals surface area contributed by atoms with E-state index in [9.17, 15) is 4.79 Å². The van der Waals surface area contributed by atoms with Gasteiger partial charge in [0.05, 0.1) is 7.11 Å². The predicted octanol–water partition coefficient (Wildman–Crippen LogP) is 0.500. The van der Waals surface area contributed by atoms with E-state index >= 15 is 0 Å². The Hall–Kier alpha value is -0.570. The topological polar surface area (TPSA) is 29.5 Å². The summed E-state index contributed by atoms with van der Waals surface area (Å²) in [6.07, 6.45) is 0.791. The standard InChI is InChI=1S/C7H15NO2/c1-5-6(8(2)3)7(9)10-4/h6H,5H2,1-4H3/t6-/m1/s1. The van der Waals surface area contributed by atoms with Crippen LogP contribution in [0.1, 0.15) is 13.3 Å². The fourth-order valence-corrected chi connectivity index (χ4v) is 0.879. The molecule has 3 nitrogen and oxygen atoms in total. The summed E-state index contributed by atoms with van der Waals surface area (Å²) in [7, 11) is 5.14. The molecular formula is C7H15NO2. The molecule has 0 aliphatic heterocycles. The minimum atomic E-state index is -0.160. The molecule has 60 valence electrons. The Bertz CT molecular complexity index is 112. The Kier molecular flexibility index (Phi) is 4.03. The monoisotopic (exact) mass is 145 g/mol. The lowest BCUT2D eigenvalue weighted by atomic mass is 10.2. The van der Waals surface area contributed by atoms with Crippen molar-refractivity contribution in [1.82, 2.24) is 4.90 Å². The molecule has 0 rings (SSSR count). The van der Waals surface area contributed by atoms with Gasteiger partial charge in [-0.1, -0.05) is 6.92 Å². The van der Waals surface area contributed by atoms with Crippen molar-refractivity contribution < 1.29 is 9.53 Å². The molecule has 0 unspecified atom stereocenters. The van der Waals surface area contributed by atoms with Crippen molar-refractivity contribution in [2.24, 2.45) is 0 Å². The molecule has 0 aromatic carbocycles. The lowest BCUT2D eigenvalue weighted by Crippen LogP contribution is -2.35. The number of carbonyl (C=O) groups excluding carboxylic acids is 1. The first-order chi connectivity index (χ1) is 4.63. The number of ether oxygens (including phenoxy) is 1. The Morgan fingerprint density at radius 2 is 2.10 bits per heavy atom. The van der Waals surface area contributed by atoms with E-state index in [0.29, 0.717) is 0 Å². The van der Waals surface area contributed by atoms with Crippen molar-refractivity contribution >= 4 is 5.97 Å². The van der Waals surface area contributed by atoms with Crippen LogP contribution < -0.4 is 0 Å². The lowest BCUT2D eigenvalue weighted by Gasteiger charge is -2.19. The van der Waals surface area contributed by atoms with Crippen molar-refractivity contribution in [3.05, 3.63) is 0 Å². The molecule has 0 aromatic rings.